The summed E-state index contributed by atoms with van der Waals surface area (Å²) in [5.41, 5.74) is 1.22. The highest BCUT2D eigenvalue weighted by Gasteiger charge is 2.06. The summed E-state index contributed by atoms with van der Waals surface area (Å²) < 4.78 is 11.2. The number of ether oxygens (including phenoxy) is 2. The predicted molar refractivity (Wildman–Crippen MR) is 103 cm³/mol. The van der Waals surface area contributed by atoms with Gasteiger partial charge in [-0.3, -0.25) is 0 Å². The van der Waals surface area contributed by atoms with Gasteiger partial charge < -0.3 is 19.7 Å². The maximum absolute atomic E-state index is 5.65. The maximum atomic E-state index is 5.65. The predicted octanol–water partition coefficient (Wildman–Crippen LogP) is 3.76. The highest BCUT2D eigenvalue weighted by atomic mass is 35.5. The van der Waals surface area contributed by atoms with Crippen molar-refractivity contribution < 1.29 is 9.47 Å². The van der Waals surface area contributed by atoms with Crippen LogP contribution in [0.5, 0.6) is 11.5 Å². The molecule has 1 aromatic rings. The molecule has 0 saturated carbocycles. The van der Waals surface area contributed by atoms with E-state index in [9.17, 15) is 0 Å². The lowest BCUT2D eigenvalue weighted by Gasteiger charge is -2.18. The Hall–Kier alpha value is -0.680. The van der Waals surface area contributed by atoms with Crippen LogP contribution in [0.15, 0.2) is 18.2 Å². The van der Waals surface area contributed by atoms with Crippen LogP contribution in [-0.2, 0) is 6.54 Å². The molecule has 0 radical (unpaired) electrons. The van der Waals surface area contributed by atoms with Gasteiger partial charge in [0.2, 0.25) is 0 Å². The quantitative estimate of drug-likeness (QED) is 0.604. The zero-order valence-corrected chi connectivity index (χ0v) is 16.4. The van der Waals surface area contributed by atoms with Gasteiger partial charge in [-0.25, -0.2) is 0 Å². The summed E-state index contributed by atoms with van der Waals surface area (Å²) in [6, 6.07) is 6.16. The molecular formula is C17H32Cl2N2O2. The minimum atomic E-state index is 0. The third kappa shape index (κ3) is 9.26. The Bertz CT molecular complexity index is 402. The highest BCUT2D eigenvalue weighted by molar-refractivity contribution is 5.85. The van der Waals surface area contributed by atoms with Crippen LogP contribution in [0, 0.1) is 0 Å². The summed E-state index contributed by atoms with van der Waals surface area (Å²) >= 11 is 0. The van der Waals surface area contributed by atoms with E-state index in [0.717, 1.165) is 44.2 Å². The largest absolute Gasteiger partial charge is 0.490 e. The molecular weight excluding hydrogens is 335 g/mol. The Morgan fingerprint density at radius 2 is 1.52 bits per heavy atom. The van der Waals surface area contributed by atoms with E-state index in [2.05, 4.69) is 36.2 Å². The Labute approximate surface area is 153 Å². The van der Waals surface area contributed by atoms with Crippen LogP contribution in [-0.4, -0.2) is 44.3 Å². The standard InChI is InChI=1S/C17H30N2O2.2ClH/c1-5-19(6-2)12-11-18-14-15-9-10-16(20-7-3)17(13-15)21-8-4;;/h9-10,13,18H,5-8,11-12,14H2,1-4H3;2*1H. The first-order valence-corrected chi connectivity index (χ1v) is 8.06. The number of nitrogens with zero attached hydrogens (tertiary/aromatic N) is 1. The van der Waals surface area contributed by atoms with Gasteiger partial charge in [0.05, 0.1) is 13.2 Å². The van der Waals surface area contributed by atoms with Gasteiger partial charge in [-0.15, -0.1) is 24.8 Å². The first-order chi connectivity index (χ1) is 10.2. The van der Waals surface area contributed by atoms with E-state index in [1.807, 2.05) is 19.9 Å². The van der Waals surface area contributed by atoms with Crippen molar-refractivity contribution in [2.45, 2.75) is 34.2 Å². The summed E-state index contributed by atoms with van der Waals surface area (Å²) in [5.74, 6) is 1.66. The van der Waals surface area contributed by atoms with Crippen molar-refractivity contribution in [3.8, 4) is 11.5 Å². The van der Waals surface area contributed by atoms with Gasteiger partial charge in [0.15, 0.2) is 11.5 Å². The lowest BCUT2D eigenvalue weighted by molar-refractivity contribution is 0.287. The third-order valence-corrected chi connectivity index (χ3v) is 3.44. The number of nitrogens with one attached hydrogen (secondary N) is 1. The van der Waals surface area contributed by atoms with E-state index in [0.29, 0.717) is 13.2 Å². The van der Waals surface area contributed by atoms with E-state index >= 15 is 0 Å². The Morgan fingerprint density at radius 3 is 2.09 bits per heavy atom. The molecule has 0 aliphatic carbocycles. The second-order valence-electron chi connectivity index (χ2n) is 4.85. The fourth-order valence-electron chi connectivity index (χ4n) is 2.22. The minimum Gasteiger partial charge on any atom is -0.490 e. The molecule has 0 atom stereocenters. The van der Waals surface area contributed by atoms with Crippen molar-refractivity contribution in [3.05, 3.63) is 23.8 Å². The summed E-state index contributed by atoms with van der Waals surface area (Å²) in [5, 5.41) is 3.48. The van der Waals surface area contributed by atoms with Gasteiger partial charge in [-0.05, 0) is 44.6 Å². The van der Waals surface area contributed by atoms with Gasteiger partial charge in [0, 0.05) is 19.6 Å². The molecule has 6 heteroatoms. The minimum absolute atomic E-state index is 0. The molecule has 23 heavy (non-hydrogen) atoms. The molecule has 0 aliphatic heterocycles. The van der Waals surface area contributed by atoms with Crippen LogP contribution < -0.4 is 14.8 Å². The summed E-state index contributed by atoms with van der Waals surface area (Å²) in [7, 11) is 0. The fourth-order valence-corrected chi connectivity index (χ4v) is 2.22. The van der Waals surface area contributed by atoms with Crippen molar-refractivity contribution >= 4 is 24.8 Å². The van der Waals surface area contributed by atoms with Crippen molar-refractivity contribution in [1.29, 1.82) is 0 Å². The van der Waals surface area contributed by atoms with E-state index in [1.165, 1.54) is 5.56 Å². The van der Waals surface area contributed by atoms with Crippen molar-refractivity contribution in [3.63, 3.8) is 0 Å². The molecule has 0 fully saturated rings. The molecule has 0 aliphatic rings. The van der Waals surface area contributed by atoms with E-state index in [-0.39, 0.29) is 24.8 Å². The Balaban J connectivity index is 0. The van der Waals surface area contributed by atoms with Gasteiger partial charge in [-0.1, -0.05) is 19.9 Å². The zero-order chi connectivity index (χ0) is 15.5. The number of rotatable bonds is 11. The van der Waals surface area contributed by atoms with Crippen LogP contribution in [0.25, 0.3) is 0 Å². The summed E-state index contributed by atoms with van der Waals surface area (Å²) in [6.45, 7) is 14.8. The maximum Gasteiger partial charge on any atom is 0.161 e. The second-order valence-corrected chi connectivity index (χ2v) is 4.85. The third-order valence-electron chi connectivity index (χ3n) is 3.44. The van der Waals surface area contributed by atoms with Gasteiger partial charge in [0.25, 0.3) is 0 Å². The highest BCUT2D eigenvalue weighted by Crippen LogP contribution is 2.28. The molecule has 0 heterocycles. The van der Waals surface area contributed by atoms with Gasteiger partial charge in [0.1, 0.15) is 0 Å². The molecule has 1 aromatic carbocycles. The SMILES string of the molecule is CCOc1ccc(CNCCN(CC)CC)cc1OCC.Cl.Cl. The lowest BCUT2D eigenvalue weighted by atomic mass is 10.2. The number of hydrogen-bond donors (Lipinski definition) is 1. The molecule has 0 amide bonds. The average molecular weight is 367 g/mol. The average Bonchev–Trinajstić information content (AvgIpc) is 2.50. The molecule has 0 unspecified atom stereocenters. The number of hydrogen-bond acceptors (Lipinski definition) is 4. The van der Waals surface area contributed by atoms with Crippen LogP contribution >= 0.6 is 24.8 Å². The lowest BCUT2D eigenvalue weighted by Crippen LogP contribution is -2.31. The number of halogens is 2. The molecule has 0 bridgehead atoms. The van der Waals surface area contributed by atoms with Gasteiger partial charge in [-0.2, -0.15) is 0 Å². The van der Waals surface area contributed by atoms with Crippen LogP contribution in [0.1, 0.15) is 33.3 Å². The molecule has 0 spiro atoms. The monoisotopic (exact) mass is 366 g/mol. The van der Waals surface area contributed by atoms with Crippen molar-refractivity contribution in [2.75, 3.05) is 39.4 Å². The van der Waals surface area contributed by atoms with Crippen LogP contribution in [0.3, 0.4) is 0 Å². The van der Waals surface area contributed by atoms with Crippen molar-refractivity contribution in [1.82, 2.24) is 10.2 Å². The molecule has 1 N–H and O–H groups in total. The molecule has 4 nitrogen and oxygen atoms in total. The molecule has 136 valence electrons. The number of benzene rings is 1. The molecule has 0 aromatic heterocycles. The topological polar surface area (TPSA) is 33.7 Å². The van der Waals surface area contributed by atoms with E-state index in [1.54, 1.807) is 0 Å². The Kier molecular flexibility index (Phi) is 15.9. The van der Waals surface area contributed by atoms with Crippen molar-refractivity contribution in [2.24, 2.45) is 0 Å². The number of likely N-dealkylation sites (N-methyl/N-ethyl adjacent to an activating group) is 1. The van der Waals surface area contributed by atoms with Crippen LogP contribution in [0.4, 0.5) is 0 Å². The smallest absolute Gasteiger partial charge is 0.161 e. The first-order valence-electron chi connectivity index (χ1n) is 8.06. The molecule has 0 saturated heterocycles. The second kappa shape index (κ2) is 14.9. The van der Waals surface area contributed by atoms with Gasteiger partial charge >= 0.3 is 0 Å². The zero-order valence-electron chi connectivity index (χ0n) is 14.8. The molecule has 1 rings (SSSR count). The van der Waals surface area contributed by atoms with E-state index < -0.39 is 0 Å². The fraction of sp³-hybridized carbons (Fsp3) is 0.647. The normalized spacial score (nSPS) is 9.96. The van der Waals surface area contributed by atoms with Crippen LogP contribution in [0.2, 0.25) is 0 Å². The Morgan fingerprint density at radius 1 is 0.913 bits per heavy atom. The summed E-state index contributed by atoms with van der Waals surface area (Å²) in [6.07, 6.45) is 0. The first kappa shape index (κ1) is 24.6. The van der Waals surface area contributed by atoms with E-state index in [4.69, 9.17) is 9.47 Å². The summed E-state index contributed by atoms with van der Waals surface area (Å²) in [4.78, 5) is 2.41.